The standard InChI is InChI=1S/C26H28O5/c1-4-8-24(27)26(31-23-17-13-21(29-3)14-18-23)25(19-9-6-5-7-10-19)30-22-15-11-20(28-2)12-16-22/h4-7,9-18,24-27H,1,8H2,2-3H3/t24-,25-,26+/m1/s1. The number of rotatable bonds is 11. The van der Waals surface area contributed by atoms with Gasteiger partial charge in [0.2, 0.25) is 0 Å². The fourth-order valence-corrected chi connectivity index (χ4v) is 3.23. The molecule has 0 heterocycles. The second kappa shape index (κ2) is 11.1. The molecule has 1 N–H and O–H groups in total. The van der Waals surface area contributed by atoms with Crippen LogP contribution in [0.5, 0.6) is 23.0 Å². The summed E-state index contributed by atoms with van der Waals surface area (Å²) in [6.07, 6.45) is -0.0498. The minimum atomic E-state index is -0.831. The minimum Gasteiger partial charge on any atom is -0.497 e. The van der Waals surface area contributed by atoms with Crippen LogP contribution in [0.3, 0.4) is 0 Å². The summed E-state index contributed by atoms with van der Waals surface area (Å²) >= 11 is 0. The zero-order chi connectivity index (χ0) is 22.1. The first-order chi connectivity index (χ1) is 15.1. The highest BCUT2D eigenvalue weighted by Gasteiger charge is 2.33. The van der Waals surface area contributed by atoms with E-state index in [9.17, 15) is 5.11 Å². The summed E-state index contributed by atoms with van der Waals surface area (Å²) < 4.78 is 23.1. The second-order valence-electron chi connectivity index (χ2n) is 6.97. The Bertz CT molecular complexity index is 922. The van der Waals surface area contributed by atoms with Crippen LogP contribution in [0.2, 0.25) is 0 Å². The molecule has 3 aromatic rings. The normalized spacial score (nSPS) is 13.5. The van der Waals surface area contributed by atoms with Crippen molar-refractivity contribution in [2.45, 2.75) is 24.7 Å². The van der Waals surface area contributed by atoms with Crippen molar-refractivity contribution in [1.29, 1.82) is 0 Å². The molecule has 0 bridgehead atoms. The highest BCUT2D eigenvalue weighted by molar-refractivity contribution is 5.34. The topological polar surface area (TPSA) is 57.2 Å². The summed E-state index contributed by atoms with van der Waals surface area (Å²) in [5, 5.41) is 10.9. The number of hydrogen-bond donors (Lipinski definition) is 1. The van der Waals surface area contributed by atoms with Crippen molar-refractivity contribution < 1.29 is 24.1 Å². The van der Waals surface area contributed by atoms with E-state index in [1.807, 2.05) is 78.9 Å². The number of methoxy groups -OCH3 is 2. The molecule has 3 aromatic carbocycles. The molecule has 0 radical (unpaired) electrons. The number of aliphatic hydroxyl groups excluding tert-OH is 1. The molecule has 0 saturated carbocycles. The van der Waals surface area contributed by atoms with E-state index in [0.717, 1.165) is 17.1 Å². The number of hydrogen-bond acceptors (Lipinski definition) is 5. The Kier molecular flexibility index (Phi) is 7.96. The molecule has 0 aliphatic carbocycles. The van der Waals surface area contributed by atoms with Gasteiger partial charge in [0, 0.05) is 0 Å². The predicted molar refractivity (Wildman–Crippen MR) is 121 cm³/mol. The Morgan fingerprint density at radius 2 is 1.23 bits per heavy atom. The number of benzene rings is 3. The molecule has 0 spiro atoms. The average Bonchev–Trinajstić information content (AvgIpc) is 2.82. The molecule has 0 aliphatic rings. The van der Waals surface area contributed by atoms with Gasteiger partial charge in [-0.15, -0.1) is 6.58 Å². The fraction of sp³-hybridized carbons (Fsp3) is 0.231. The molecule has 0 amide bonds. The lowest BCUT2D eigenvalue weighted by molar-refractivity contribution is -0.0333. The van der Waals surface area contributed by atoms with Gasteiger partial charge in [0.15, 0.2) is 12.2 Å². The first-order valence-electron chi connectivity index (χ1n) is 10.1. The van der Waals surface area contributed by atoms with Crippen molar-refractivity contribution in [1.82, 2.24) is 0 Å². The van der Waals surface area contributed by atoms with Crippen LogP contribution in [-0.2, 0) is 0 Å². The van der Waals surface area contributed by atoms with Crippen LogP contribution in [0, 0.1) is 0 Å². The monoisotopic (exact) mass is 420 g/mol. The van der Waals surface area contributed by atoms with E-state index in [1.54, 1.807) is 20.3 Å². The van der Waals surface area contributed by atoms with Gasteiger partial charge in [-0.2, -0.15) is 0 Å². The van der Waals surface area contributed by atoms with Crippen LogP contribution in [-0.4, -0.2) is 31.5 Å². The van der Waals surface area contributed by atoms with Crippen molar-refractivity contribution in [3.63, 3.8) is 0 Å². The zero-order valence-corrected chi connectivity index (χ0v) is 17.8. The third-order valence-corrected chi connectivity index (χ3v) is 4.87. The summed E-state index contributed by atoms with van der Waals surface area (Å²) in [5.41, 5.74) is 0.889. The van der Waals surface area contributed by atoms with Gasteiger partial charge in [0.25, 0.3) is 0 Å². The van der Waals surface area contributed by atoms with Crippen LogP contribution in [0.15, 0.2) is 91.5 Å². The Morgan fingerprint density at radius 1 is 0.742 bits per heavy atom. The first kappa shape index (κ1) is 22.2. The van der Waals surface area contributed by atoms with Crippen LogP contribution in [0.25, 0.3) is 0 Å². The fourth-order valence-electron chi connectivity index (χ4n) is 3.23. The van der Waals surface area contributed by atoms with Crippen LogP contribution in [0.1, 0.15) is 18.1 Å². The SMILES string of the molecule is C=CC[C@@H](O)[C@H](Oc1ccc(OC)cc1)[C@H](Oc1ccc(OC)cc1)c1ccccc1. The van der Waals surface area contributed by atoms with Gasteiger partial charge in [0.05, 0.1) is 20.3 Å². The zero-order valence-electron chi connectivity index (χ0n) is 17.8. The van der Waals surface area contributed by atoms with Gasteiger partial charge in [-0.05, 0) is 60.5 Å². The van der Waals surface area contributed by atoms with E-state index < -0.39 is 18.3 Å². The van der Waals surface area contributed by atoms with Crippen LogP contribution in [0.4, 0.5) is 0 Å². The molecule has 5 heteroatoms. The van der Waals surface area contributed by atoms with E-state index in [1.165, 1.54) is 0 Å². The van der Waals surface area contributed by atoms with Crippen molar-refractivity contribution in [2.75, 3.05) is 14.2 Å². The highest BCUT2D eigenvalue weighted by atomic mass is 16.6. The molecule has 3 atom stereocenters. The summed E-state index contributed by atoms with van der Waals surface area (Å²) in [6.45, 7) is 3.76. The Balaban J connectivity index is 1.95. The smallest absolute Gasteiger partial charge is 0.166 e. The average molecular weight is 421 g/mol. The molecule has 5 nitrogen and oxygen atoms in total. The lowest BCUT2D eigenvalue weighted by Gasteiger charge is -2.32. The molecule has 0 saturated heterocycles. The van der Waals surface area contributed by atoms with E-state index in [2.05, 4.69) is 6.58 Å². The Hall–Kier alpha value is -3.44. The molecule has 3 rings (SSSR count). The van der Waals surface area contributed by atoms with E-state index in [0.29, 0.717) is 17.9 Å². The third kappa shape index (κ3) is 6.03. The maximum Gasteiger partial charge on any atom is 0.166 e. The maximum atomic E-state index is 10.9. The van der Waals surface area contributed by atoms with Gasteiger partial charge in [-0.3, -0.25) is 0 Å². The molecule has 0 aromatic heterocycles. The molecule has 31 heavy (non-hydrogen) atoms. The van der Waals surface area contributed by atoms with Gasteiger partial charge in [0.1, 0.15) is 23.0 Å². The summed E-state index contributed by atoms with van der Waals surface area (Å²) in [7, 11) is 3.23. The molecule has 0 aliphatic heterocycles. The van der Waals surface area contributed by atoms with Crippen LogP contribution < -0.4 is 18.9 Å². The lowest BCUT2D eigenvalue weighted by atomic mass is 9.98. The second-order valence-corrected chi connectivity index (χ2v) is 6.97. The summed E-state index contributed by atoms with van der Waals surface area (Å²) in [4.78, 5) is 0. The highest BCUT2D eigenvalue weighted by Crippen LogP contribution is 2.32. The number of ether oxygens (including phenoxy) is 4. The van der Waals surface area contributed by atoms with E-state index in [-0.39, 0.29) is 0 Å². The van der Waals surface area contributed by atoms with Crippen molar-refractivity contribution in [2.24, 2.45) is 0 Å². The number of aliphatic hydroxyl groups is 1. The predicted octanol–water partition coefficient (Wildman–Crippen LogP) is 5.21. The molecular formula is C26H28O5. The van der Waals surface area contributed by atoms with Crippen molar-refractivity contribution in [3.8, 4) is 23.0 Å². The van der Waals surface area contributed by atoms with Crippen LogP contribution >= 0.6 is 0 Å². The van der Waals surface area contributed by atoms with Gasteiger partial charge in [-0.25, -0.2) is 0 Å². The lowest BCUT2D eigenvalue weighted by Crippen LogP contribution is -2.39. The summed E-state index contributed by atoms with van der Waals surface area (Å²) in [5.74, 6) is 2.71. The molecular weight excluding hydrogens is 392 g/mol. The van der Waals surface area contributed by atoms with E-state index >= 15 is 0 Å². The maximum absolute atomic E-state index is 10.9. The minimum absolute atomic E-state index is 0.357. The third-order valence-electron chi connectivity index (χ3n) is 4.87. The Labute approximate surface area is 183 Å². The first-order valence-corrected chi connectivity index (χ1v) is 10.1. The quantitative estimate of drug-likeness (QED) is 0.432. The molecule has 0 unspecified atom stereocenters. The Morgan fingerprint density at radius 3 is 1.71 bits per heavy atom. The van der Waals surface area contributed by atoms with Gasteiger partial charge in [-0.1, -0.05) is 36.4 Å². The van der Waals surface area contributed by atoms with Crippen molar-refractivity contribution in [3.05, 3.63) is 97.1 Å². The van der Waals surface area contributed by atoms with Gasteiger partial charge < -0.3 is 24.1 Å². The molecule has 0 fully saturated rings. The van der Waals surface area contributed by atoms with Crippen molar-refractivity contribution >= 4 is 0 Å². The largest absolute Gasteiger partial charge is 0.497 e. The summed E-state index contributed by atoms with van der Waals surface area (Å²) in [6, 6.07) is 24.3. The van der Waals surface area contributed by atoms with Gasteiger partial charge >= 0.3 is 0 Å². The van der Waals surface area contributed by atoms with E-state index in [4.69, 9.17) is 18.9 Å². The molecule has 162 valence electrons.